The Labute approximate surface area is 82.0 Å². The standard InChI is InChI=1S/C11H9ClO/c12-9-6-4-8(5-7-9)10-2-1-3-11(10)13/h2,4-7H,1,3H2. The van der Waals surface area contributed by atoms with Crippen LogP contribution in [-0.4, -0.2) is 5.78 Å². The lowest BCUT2D eigenvalue weighted by molar-refractivity contribution is -0.113. The van der Waals surface area contributed by atoms with Gasteiger partial charge in [0.05, 0.1) is 0 Å². The van der Waals surface area contributed by atoms with Crippen molar-refractivity contribution in [1.82, 2.24) is 0 Å². The van der Waals surface area contributed by atoms with Crippen LogP contribution >= 0.6 is 11.6 Å². The summed E-state index contributed by atoms with van der Waals surface area (Å²) in [6.45, 7) is 0. The Morgan fingerprint density at radius 3 is 2.38 bits per heavy atom. The average molecular weight is 193 g/mol. The van der Waals surface area contributed by atoms with E-state index in [4.69, 9.17) is 11.6 Å². The van der Waals surface area contributed by atoms with E-state index >= 15 is 0 Å². The third-order valence-corrected chi connectivity index (χ3v) is 2.43. The summed E-state index contributed by atoms with van der Waals surface area (Å²) in [6, 6.07) is 7.39. The van der Waals surface area contributed by atoms with Gasteiger partial charge in [-0.15, -0.1) is 0 Å². The number of hydrogen-bond acceptors (Lipinski definition) is 1. The van der Waals surface area contributed by atoms with Crippen LogP contribution < -0.4 is 0 Å². The van der Waals surface area contributed by atoms with Crippen LogP contribution in [0.1, 0.15) is 18.4 Å². The first-order valence-corrected chi connectivity index (χ1v) is 4.64. The van der Waals surface area contributed by atoms with Crippen molar-refractivity contribution < 1.29 is 4.79 Å². The van der Waals surface area contributed by atoms with Gasteiger partial charge in [0.2, 0.25) is 0 Å². The number of benzene rings is 1. The lowest BCUT2D eigenvalue weighted by Crippen LogP contribution is -1.94. The maximum absolute atomic E-state index is 11.4. The zero-order chi connectivity index (χ0) is 9.26. The summed E-state index contributed by atoms with van der Waals surface area (Å²) in [6.07, 6.45) is 3.51. The summed E-state index contributed by atoms with van der Waals surface area (Å²) in [4.78, 5) is 11.4. The molecule has 0 spiro atoms. The van der Waals surface area contributed by atoms with E-state index in [0.717, 1.165) is 17.6 Å². The number of hydrogen-bond donors (Lipinski definition) is 0. The first kappa shape index (κ1) is 8.52. The Balaban J connectivity index is 2.36. The van der Waals surface area contributed by atoms with Crippen molar-refractivity contribution in [3.05, 3.63) is 40.9 Å². The van der Waals surface area contributed by atoms with Crippen LogP contribution in [0.2, 0.25) is 5.02 Å². The minimum atomic E-state index is 0.238. The van der Waals surface area contributed by atoms with Gasteiger partial charge in [0.15, 0.2) is 5.78 Å². The maximum Gasteiger partial charge on any atom is 0.163 e. The molecule has 0 aliphatic heterocycles. The molecule has 0 radical (unpaired) electrons. The minimum absolute atomic E-state index is 0.238. The smallest absolute Gasteiger partial charge is 0.163 e. The third-order valence-electron chi connectivity index (χ3n) is 2.18. The van der Waals surface area contributed by atoms with Crippen molar-refractivity contribution in [2.75, 3.05) is 0 Å². The molecule has 2 heteroatoms. The summed E-state index contributed by atoms with van der Waals surface area (Å²) < 4.78 is 0. The molecular formula is C11H9ClO. The number of Topliss-reactive ketones (excluding diaryl/α,β-unsaturated/α-hetero) is 1. The third kappa shape index (κ3) is 1.65. The van der Waals surface area contributed by atoms with Gasteiger partial charge in [-0.2, -0.15) is 0 Å². The molecule has 66 valence electrons. The van der Waals surface area contributed by atoms with Crippen molar-refractivity contribution in [1.29, 1.82) is 0 Å². The molecule has 0 heterocycles. The summed E-state index contributed by atoms with van der Waals surface area (Å²) in [5.74, 6) is 0.238. The van der Waals surface area contributed by atoms with Crippen molar-refractivity contribution in [2.24, 2.45) is 0 Å². The SMILES string of the molecule is O=C1CCC=C1c1ccc(Cl)cc1. The van der Waals surface area contributed by atoms with Gasteiger partial charge in [-0.05, 0) is 24.1 Å². The van der Waals surface area contributed by atoms with E-state index in [1.54, 1.807) is 0 Å². The monoisotopic (exact) mass is 192 g/mol. The molecule has 0 atom stereocenters. The second-order valence-corrected chi connectivity index (χ2v) is 3.52. The second kappa shape index (κ2) is 3.35. The Bertz CT molecular complexity index is 362. The number of carbonyl (C=O) groups is 1. The molecule has 0 bridgehead atoms. The maximum atomic E-state index is 11.4. The molecule has 0 aromatic heterocycles. The van der Waals surface area contributed by atoms with E-state index < -0.39 is 0 Å². The minimum Gasteiger partial charge on any atom is -0.294 e. The number of ketones is 1. The van der Waals surface area contributed by atoms with Gasteiger partial charge in [-0.1, -0.05) is 29.8 Å². The van der Waals surface area contributed by atoms with Gasteiger partial charge in [0.25, 0.3) is 0 Å². The van der Waals surface area contributed by atoms with Gasteiger partial charge in [0.1, 0.15) is 0 Å². The molecule has 0 saturated heterocycles. The average Bonchev–Trinajstić information content (AvgIpc) is 2.53. The Morgan fingerprint density at radius 2 is 1.85 bits per heavy atom. The topological polar surface area (TPSA) is 17.1 Å². The summed E-state index contributed by atoms with van der Waals surface area (Å²) in [5, 5.41) is 0.704. The Hall–Kier alpha value is -1.08. The molecule has 0 fully saturated rings. The number of allylic oxidation sites excluding steroid dienone is 2. The van der Waals surface area contributed by atoms with E-state index in [1.165, 1.54) is 0 Å². The van der Waals surface area contributed by atoms with Crippen LogP contribution in [0, 0.1) is 0 Å². The largest absolute Gasteiger partial charge is 0.294 e. The van der Waals surface area contributed by atoms with Gasteiger partial charge in [-0.3, -0.25) is 4.79 Å². The predicted octanol–water partition coefficient (Wildman–Crippen LogP) is 3.09. The molecule has 1 aromatic carbocycles. The predicted molar refractivity (Wildman–Crippen MR) is 53.7 cm³/mol. The molecule has 2 rings (SSSR count). The van der Waals surface area contributed by atoms with E-state index in [9.17, 15) is 4.79 Å². The van der Waals surface area contributed by atoms with Gasteiger partial charge in [-0.25, -0.2) is 0 Å². The number of halogens is 1. The zero-order valence-electron chi connectivity index (χ0n) is 7.09. The fraction of sp³-hybridized carbons (Fsp3) is 0.182. The molecule has 0 N–H and O–H groups in total. The molecule has 13 heavy (non-hydrogen) atoms. The highest BCUT2D eigenvalue weighted by molar-refractivity contribution is 6.30. The molecular weight excluding hydrogens is 184 g/mol. The van der Waals surface area contributed by atoms with Crippen LogP contribution in [-0.2, 0) is 4.79 Å². The Kier molecular flexibility index (Phi) is 2.19. The van der Waals surface area contributed by atoms with E-state index in [0.29, 0.717) is 11.4 Å². The van der Waals surface area contributed by atoms with Crippen molar-refractivity contribution in [3.63, 3.8) is 0 Å². The molecule has 0 unspecified atom stereocenters. The van der Waals surface area contributed by atoms with Gasteiger partial charge < -0.3 is 0 Å². The highest BCUT2D eigenvalue weighted by Crippen LogP contribution is 2.25. The first-order chi connectivity index (χ1) is 6.27. The van der Waals surface area contributed by atoms with Gasteiger partial charge >= 0.3 is 0 Å². The highest BCUT2D eigenvalue weighted by atomic mass is 35.5. The van der Waals surface area contributed by atoms with Crippen LogP contribution in [0.4, 0.5) is 0 Å². The van der Waals surface area contributed by atoms with Crippen LogP contribution in [0.5, 0.6) is 0 Å². The fourth-order valence-electron chi connectivity index (χ4n) is 1.50. The lowest BCUT2D eigenvalue weighted by Gasteiger charge is -2.00. The van der Waals surface area contributed by atoms with Crippen LogP contribution in [0.3, 0.4) is 0 Å². The van der Waals surface area contributed by atoms with Gasteiger partial charge in [0, 0.05) is 17.0 Å². The van der Waals surface area contributed by atoms with Crippen molar-refractivity contribution in [3.8, 4) is 0 Å². The Morgan fingerprint density at radius 1 is 1.15 bits per heavy atom. The molecule has 1 aliphatic rings. The molecule has 1 aliphatic carbocycles. The summed E-state index contributed by atoms with van der Waals surface area (Å²) in [5.41, 5.74) is 1.82. The van der Waals surface area contributed by atoms with Crippen LogP contribution in [0.15, 0.2) is 30.3 Å². The summed E-state index contributed by atoms with van der Waals surface area (Å²) >= 11 is 5.75. The molecule has 0 saturated carbocycles. The molecule has 0 amide bonds. The van der Waals surface area contributed by atoms with Crippen molar-refractivity contribution in [2.45, 2.75) is 12.8 Å². The second-order valence-electron chi connectivity index (χ2n) is 3.09. The lowest BCUT2D eigenvalue weighted by atomic mass is 10.1. The highest BCUT2D eigenvalue weighted by Gasteiger charge is 2.15. The first-order valence-electron chi connectivity index (χ1n) is 4.26. The van der Waals surface area contributed by atoms with E-state index in [2.05, 4.69) is 0 Å². The summed E-state index contributed by atoms with van der Waals surface area (Å²) in [7, 11) is 0. The molecule has 1 aromatic rings. The number of rotatable bonds is 1. The number of carbonyl (C=O) groups excluding carboxylic acids is 1. The quantitative estimate of drug-likeness (QED) is 0.669. The normalized spacial score (nSPS) is 16.1. The van der Waals surface area contributed by atoms with E-state index in [-0.39, 0.29) is 5.78 Å². The van der Waals surface area contributed by atoms with Crippen LogP contribution in [0.25, 0.3) is 5.57 Å². The van der Waals surface area contributed by atoms with Crippen molar-refractivity contribution >= 4 is 23.0 Å². The fourth-order valence-corrected chi connectivity index (χ4v) is 1.63. The zero-order valence-corrected chi connectivity index (χ0v) is 7.84. The van der Waals surface area contributed by atoms with E-state index in [1.807, 2.05) is 30.3 Å². The molecule has 1 nitrogen and oxygen atoms in total.